The summed E-state index contributed by atoms with van der Waals surface area (Å²) in [7, 11) is 0. The van der Waals surface area contributed by atoms with Crippen molar-refractivity contribution < 1.29 is 0 Å². The van der Waals surface area contributed by atoms with E-state index in [1.807, 2.05) is 18.5 Å². The normalized spacial score (nSPS) is 16.3. The smallest absolute Gasteiger partial charge is 0.123 e. The van der Waals surface area contributed by atoms with Gasteiger partial charge in [-0.15, -0.1) is 0 Å². The van der Waals surface area contributed by atoms with Gasteiger partial charge in [0.2, 0.25) is 0 Å². The molecule has 1 N–H and O–H groups in total. The second-order valence-corrected chi connectivity index (χ2v) is 13.6. The molecule has 1 aromatic heterocycles. The Balaban J connectivity index is 1.17. The summed E-state index contributed by atoms with van der Waals surface area (Å²) >= 11 is 0. The van der Waals surface area contributed by atoms with E-state index in [0.717, 1.165) is 11.1 Å². The maximum absolute atomic E-state index is 4.34. The number of anilines is 2. The monoisotopic (exact) mass is 637 g/mol. The van der Waals surface area contributed by atoms with Crippen LogP contribution < -0.4 is 10.2 Å². The molecular formula is C47H31N3. The van der Waals surface area contributed by atoms with Gasteiger partial charge in [-0.2, -0.15) is 0 Å². The SMILES string of the molecule is C1=CC2Nc3c(-c4cccc5c4-c4ccccc4C54c5ccccc5-c5ccccc54)cc(-c4ccc(-c5cccnc5)cc4)cc3N2C=C1. The number of benzene rings is 6. The second kappa shape index (κ2) is 10.3. The zero-order valence-electron chi connectivity index (χ0n) is 27.2. The fraction of sp³-hybridized carbons (Fsp3) is 0.0426. The van der Waals surface area contributed by atoms with Crippen molar-refractivity contribution in [3.8, 4) is 55.6 Å². The van der Waals surface area contributed by atoms with E-state index in [1.54, 1.807) is 0 Å². The van der Waals surface area contributed by atoms with E-state index in [0.29, 0.717) is 0 Å². The molecule has 7 aromatic rings. The van der Waals surface area contributed by atoms with Crippen molar-refractivity contribution in [2.45, 2.75) is 11.6 Å². The highest BCUT2D eigenvalue weighted by atomic mass is 15.3. The minimum absolute atomic E-state index is 0.0703. The van der Waals surface area contributed by atoms with Crippen LogP contribution in [-0.2, 0) is 5.41 Å². The Hall–Kier alpha value is -6.45. The van der Waals surface area contributed by atoms with Gasteiger partial charge >= 0.3 is 0 Å². The average Bonchev–Trinajstić information content (AvgIpc) is 3.82. The van der Waals surface area contributed by atoms with E-state index in [1.165, 1.54) is 78.1 Å². The van der Waals surface area contributed by atoms with Crippen molar-refractivity contribution in [2.24, 2.45) is 0 Å². The van der Waals surface area contributed by atoms with Crippen LogP contribution in [0.1, 0.15) is 22.3 Å². The van der Waals surface area contributed by atoms with Crippen LogP contribution in [0.25, 0.3) is 55.6 Å². The Labute approximate surface area is 291 Å². The molecule has 6 aromatic carbocycles. The third-order valence-electron chi connectivity index (χ3n) is 11.2. The van der Waals surface area contributed by atoms with Crippen molar-refractivity contribution in [3.63, 3.8) is 0 Å². The van der Waals surface area contributed by atoms with E-state index in [2.05, 4.69) is 173 Å². The first kappa shape index (κ1) is 27.5. The molecule has 4 aliphatic rings. The van der Waals surface area contributed by atoms with Crippen LogP contribution in [0.15, 0.2) is 176 Å². The Bertz CT molecular complexity index is 2530. The highest BCUT2D eigenvalue weighted by Gasteiger charge is 2.52. The Kier molecular flexibility index (Phi) is 5.65. The molecule has 0 amide bonds. The van der Waals surface area contributed by atoms with Crippen LogP contribution in [0.3, 0.4) is 0 Å². The third-order valence-corrected chi connectivity index (χ3v) is 11.2. The fourth-order valence-corrected chi connectivity index (χ4v) is 9.11. The van der Waals surface area contributed by atoms with E-state index in [9.17, 15) is 0 Å². The lowest BCUT2D eigenvalue weighted by atomic mass is 9.70. The zero-order chi connectivity index (χ0) is 32.8. The molecule has 0 radical (unpaired) electrons. The minimum atomic E-state index is -0.381. The molecule has 2 aliphatic carbocycles. The first-order valence-corrected chi connectivity index (χ1v) is 17.3. The first-order valence-electron chi connectivity index (χ1n) is 17.3. The van der Waals surface area contributed by atoms with Gasteiger partial charge in [-0.05, 0) is 103 Å². The van der Waals surface area contributed by atoms with Gasteiger partial charge in [0.05, 0.1) is 16.8 Å². The van der Waals surface area contributed by atoms with Gasteiger partial charge in [-0.3, -0.25) is 4.98 Å². The van der Waals surface area contributed by atoms with Crippen LogP contribution in [-0.4, -0.2) is 11.1 Å². The van der Waals surface area contributed by atoms with Gasteiger partial charge in [-0.1, -0.05) is 127 Å². The van der Waals surface area contributed by atoms with Crippen molar-refractivity contribution in [2.75, 3.05) is 10.2 Å². The molecule has 1 unspecified atom stereocenters. The highest BCUT2D eigenvalue weighted by molar-refractivity contribution is 6.04. The highest BCUT2D eigenvalue weighted by Crippen LogP contribution is 2.64. The van der Waals surface area contributed by atoms with Gasteiger partial charge in [0.25, 0.3) is 0 Å². The molecule has 3 heterocycles. The summed E-state index contributed by atoms with van der Waals surface area (Å²) in [5.74, 6) is 0. The van der Waals surface area contributed by atoms with Crippen LogP contribution in [0.4, 0.5) is 11.4 Å². The summed E-state index contributed by atoms with van der Waals surface area (Å²) in [5.41, 5.74) is 19.8. The molecule has 3 heteroatoms. The topological polar surface area (TPSA) is 28.2 Å². The number of pyridine rings is 1. The largest absolute Gasteiger partial charge is 0.359 e. The van der Waals surface area contributed by atoms with Gasteiger partial charge in [-0.25, -0.2) is 0 Å². The molecule has 234 valence electrons. The molecule has 1 atom stereocenters. The summed E-state index contributed by atoms with van der Waals surface area (Å²) < 4.78 is 0. The number of hydrogen-bond acceptors (Lipinski definition) is 3. The number of nitrogens with zero attached hydrogens (tertiary/aromatic N) is 2. The molecule has 50 heavy (non-hydrogen) atoms. The Morgan fingerprint density at radius 1 is 0.520 bits per heavy atom. The van der Waals surface area contributed by atoms with Gasteiger partial charge in [0.15, 0.2) is 0 Å². The van der Waals surface area contributed by atoms with Gasteiger partial charge < -0.3 is 10.2 Å². The number of fused-ring (bicyclic) bond motifs is 13. The molecule has 3 nitrogen and oxygen atoms in total. The molecule has 11 rings (SSSR count). The molecule has 2 aliphatic heterocycles. The predicted octanol–water partition coefficient (Wildman–Crippen LogP) is 11.1. The third kappa shape index (κ3) is 3.61. The van der Waals surface area contributed by atoms with Crippen LogP contribution in [0.5, 0.6) is 0 Å². The van der Waals surface area contributed by atoms with Crippen LogP contribution in [0.2, 0.25) is 0 Å². The van der Waals surface area contributed by atoms with Crippen molar-refractivity contribution in [1.29, 1.82) is 0 Å². The molecule has 0 bridgehead atoms. The Morgan fingerprint density at radius 2 is 1.16 bits per heavy atom. The fourth-order valence-electron chi connectivity index (χ4n) is 9.11. The standard InChI is InChI=1S/C47H31N3/c1-4-16-39-34(12-1)35-13-2-5-17-40(35)47(39)41-18-6-3-14-37(41)45-36(15-9-19-42(45)47)38-27-33(28-43-46(38)49-44-20-7-8-26-50(43)44)31-23-21-30(22-24-31)32-11-10-25-48-29-32/h1-29,44,49H. The zero-order valence-corrected chi connectivity index (χ0v) is 27.2. The van der Waals surface area contributed by atoms with Crippen molar-refractivity contribution >= 4 is 11.4 Å². The predicted molar refractivity (Wildman–Crippen MR) is 205 cm³/mol. The van der Waals surface area contributed by atoms with Crippen LogP contribution >= 0.6 is 0 Å². The average molecular weight is 638 g/mol. The van der Waals surface area contributed by atoms with Crippen molar-refractivity contribution in [1.82, 2.24) is 4.98 Å². The van der Waals surface area contributed by atoms with Crippen molar-refractivity contribution in [3.05, 3.63) is 199 Å². The second-order valence-electron chi connectivity index (χ2n) is 13.6. The number of nitrogens with one attached hydrogen (secondary N) is 1. The van der Waals surface area contributed by atoms with Gasteiger partial charge in [0, 0.05) is 24.2 Å². The summed E-state index contributed by atoms with van der Waals surface area (Å²) in [6, 6.07) is 51.9. The molecule has 0 saturated carbocycles. The number of allylic oxidation sites excluding steroid dienone is 2. The lowest BCUT2D eigenvalue weighted by molar-refractivity contribution is 0.794. The summed E-state index contributed by atoms with van der Waals surface area (Å²) in [6.07, 6.45) is 12.5. The molecule has 0 fully saturated rings. The lowest BCUT2D eigenvalue weighted by Crippen LogP contribution is -2.30. The summed E-state index contributed by atoms with van der Waals surface area (Å²) in [5, 5.41) is 3.90. The quantitative estimate of drug-likeness (QED) is 0.209. The van der Waals surface area contributed by atoms with E-state index in [-0.39, 0.29) is 11.6 Å². The van der Waals surface area contributed by atoms with E-state index in [4.69, 9.17) is 0 Å². The summed E-state index contributed by atoms with van der Waals surface area (Å²) in [4.78, 5) is 6.69. The molecule has 0 saturated heterocycles. The maximum Gasteiger partial charge on any atom is 0.123 e. The lowest BCUT2D eigenvalue weighted by Gasteiger charge is -2.30. The molecule has 1 spiro atoms. The van der Waals surface area contributed by atoms with E-state index >= 15 is 0 Å². The number of rotatable bonds is 3. The van der Waals surface area contributed by atoms with Gasteiger partial charge in [0.1, 0.15) is 6.17 Å². The number of hydrogen-bond donors (Lipinski definition) is 1. The number of aromatic nitrogens is 1. The summed E-state index contributed by atoms with van der Waals surface area (Å²) in [6.45, 7) is 0. The van der Waals surface area contributed by atoms with Crippen LogP contribution in [0, 0.1) is 0 Å². The van der Waals surface area contributed by atoms with E-state index < -0.39 is 0 Å². The first-order chi connectivity index (χ1) is 24.8. The minimum Gasteiger partial charge on any atom is -0.359 e. The maximum atomic E-state index is 4.34. The Morgan fingerprint density at radius 3 is 1.88 bits per heavy atom. The molecular weight excluding hydrogens is 607 g/mol.